The van der Waals surface area contributed by atoms with Crippen LogP contribution < -0.4 is 11.1 Å². The summed E-state index contributed by atoms with van der Waals surface area (Å²) in [5, 5.41) is 17.2. The van der Waals surface area contributed by atoms with E-state index in [1.807, 2.05) is 6.07 Å². The summed E-state index contributed by atoms with van der Waals surface area (Å²) in [6, 6.07) is 14.6. The molecule has 1 saturated carbocycles. The molecule has 1 aromatic heterocycles. The molecular formula is C25H25F2N5O. The second-order valence-corrected chi connectivity index (χ2v) is 8.67. The number of hydrogen-bond acceptors (Lipinski definition) is 4. The molecule has 1 aliphatic rings. The molecule has 0 aliphatic heterocycles. The van der Waals surface area contributed by atoms with Crippen molar-refractivity contribution in [3.63, 3.8) is 0 Å². The van der Waals surface area contributed by atoms with Crippen LogP contribution in [0.2, 0.25) is 0 Å². The Labute approximate surface area is 191 Å². The van der Waals surface area contributed by atoms with Gasteiger partial charge in [-0.05, 0) is 80.0 Å². The van der Waals surface area contributed by atoms with E-state index in [0.29, 0.717) is 24.4 Å². The lowest BCUT2D eigenvalue weighted by molar-refractivity contribution is 0.1000. The van der Waals surface area contributed by atoms with Crippen LogP contribution in [0.25, 0.3) is 0 Å². The molecule has 1 aliphatic carbocycles. The van der Waals surface area contributed by atoms with Crippen molar-refractivity contribution < 1.29 is 13.6 Å². The number of nitrogens with zero attached hydrogens (tertiary/aromatic N) is 3. The summed E-state index contributed by atoms with van der Waals surface area (Å²) in [5.74, 6) is -0.601. The minimum atomic E-state index is -0.641. The van der Waals surface area contributed by atoms with E-state index in [2.05, 4.69) is 16.5 Å². The van der Waals surface area contributed by atoms with Gasteiger partial charge < -0.3 is 11.1 Å². The summed E-state index contributed by atoms with van der Waals surface area (Å²) in [6.07, 6.45) is 5.74. The minimum absolute atomic E-state index is 0.207. The highest BCUT2D eigenvalue weighted by molar-refractivity contribution is 5.98. The predicted octanol–water partition coefficient (Wildman–Crippen LogP) is 5.05. The fraction of sp³-hybridized carbons (Fsp3) is 0.320. The Morgan fingerprint density at radius 2 is 1.91 bits per heavy atom. The lowest BCUT2D eigenvalue weighted by Crippen LogP contribution is -2.38. The third-order valence-corrected chi connectivity index (χ3v) is 6.43. The van der Waals surface area contributed by atoms with E-state index in [0.717, 1.165) is 24.8 Å². The summed E-state index contributed by atoms with van der Waals surface area (Å²) in [5.41, 5.74) is 6.77. The van der Waals surface area contributed by atoms with E-state index >= 15 is 0 Å². The van der Waals surface area contributed by atoms with Gasteiger partial charge >= 0.3 is 0 Å². The van der Waals surface area contributed by atoms with E-state index in [1.165, 1.54) is 18.2 Å². The molecule has 1 heterocycles. The van der Waals surface area contributed by atoms with E-state index < -0.39 is 11.4 Å². The molecule has 170 valence electrons. The molecule has 3 aromatic rings. The van der Waals surface area contributed by atoms with Crippen molar-refractivity contribution in [1.29, 1.82) is 5.26 Å². The van der Waals surface area contributed by atoms with Crippen molar-refractivity contribution in [2.24, 2.45) is 11.7 Å². The Balaban J connectivity index is 1.55. The van der Waals surface area contributed by atoms with Crippen LogP contribution in [0.4, 0.5) is 20.3 Å². The highest BCUT2D eigenvalue weighted by Crippen LogP contribution is 2.41. The Morgan fingerprint density at radius 1 is 1.18 bits per heavy atom. The summed E-state index contributed by atoms with van der Waals surface area (Å²) < 4.78 is 28.5. The third kappa shape index (κ3) is 5.03. The highest BCUT2D eigenvalue weighted by atomic mass is 19.1. The Morgan fingerprint density at radius 3 is 2.55 bits per heavy atom. The number of nitriles is 1. The number of aromatic nitrogens is 2. The number of carbonyl (C=O) groups is 1. The van der Waals surface area contributed by atoms with Gasteiger partial charge in [0.05, 0.1) is 18.0 Å². The van der Waals surface area contributed by atoms with Gasteiger partial charge in [-0.25, -0.2) is 8.78 Å². The first-order valence-corrected chi connectivity index (χ1v) is 10.9. The van der Waals surface area contributed by atoms with Crippen molar-refractivity contribution in [2.75, 3.05) is 5.32 Å². The fourth-order valence-electron chi connectivity index (χ4n) is 4.61. The average Bonchev–Trinajstić information content (AvgIpc) is 3.22. The first-order chi connectivity index (χ1) is 15.9. The molecule has 4 rings (SSSR count). The molecule has 1 amide bonds. The number of benzene rings is 2. The number of nitrogens with one attached hydrogen (secondary N) is 1. The molecule has 8 heteroatoms. The maximum Gasteiger partial charge on any atom is 0.254 e. The van der Waals surface area contributed by atoms with E-state index in [-0.39, 0.29) is 29.4 Å². The topological polar surface area (TPSA) is 96.7 Å². The summed E-state index contributed by atoms with van der Waals surface area (Å²) >= 11 is 0. The quantitative estimate of drug-likeness (QED) is 0.528. The number of nitrogens with two attached hydrogens (primary N) is 1. The summed E-state index contributed by atoms with van der Waals surface area (Å²) in [4.78, 5) is 12.1. The van der Waals surface area contributed by atoms with Crippen LogP contribution in [-0.4, -0.2) is 15.7 Å². The van der Waals surface area contributed by atoms with Crippen LogP contribution in [-0.2, 0) is 12.0 Å². The maximum absolute atomic E-state index is 13.5. The number of hydrogen-bond donors (Lipinski definition) is 2. The molecule has 1 fully saturated rings. The zero-order valence-electron chi connectivity index (χ0n) is 18.1. The second kappa shape index (κ2) is 9.41. The standard InChI is InChI=1S/C25H25F2N5O/c26-19-4-6-21(7-5-19)30-24-22(23(29)33)16-32(31-24)25(12-13-28)10-8-17(9-11-25)14-18-2-1-3-20(27)15-18/h1-7,15-17H,8-12,14H2,(H2,29,33)(H,30,31). The van der Waals surface area contributed by atoms with Gasteiger partial charge in [-0.2, -0.15) is 10.4 Å². The smallest absolute Gasteiger partial charge is 0.254 e. The fourth-order valence-corrected chi connectivity index (χ4v) is 4.61. The molecule has 3 N–H and O–H groups in total. The molecule has 2 aromatic carbocycles. The maximum atomic E-state index is 13.5. The average molecular weight is 450 g/mol. The van der Waals surface area contributed by atoms with Gasteiger partial charge in [0.25, 0.3) is 5.91 Å². The second-order valence-electron chi connectivity index (χ2n) is 8.67. The van der Waals surface area contributed by atoms with Gasteiger partial charge in [0.2, 0.25) is 0 Å². The van der Waals surface area contributed by atoms with Crippen LogP contribution in [0, 0.1) is 28.9 Å². The number of anilines is 2. The lowest BCUT2D eigenvalue weighted by Gasteiger charge is -2.39. The van der Waals surface area contributed by atoms with E-state index in [1.54, 1.807) is 35.1 Å². The molecule has 0 bridgehead atoms. The molecule has 0 radical (unpaired) electrons. The van der Waals surface area contributed by atoms with Crippen molar-refractivity contribution in [3.8, 4) is 6.07 Å². The summed E-state index contributed by atoms with van der Waals surface area (Å²) in [7, 11) is 0. The number of rotatable bonds is 7. The van der Waals surface area contributed by atoms with Crippen molar-refractivity contribution in [3.05, 3.63) is 77.5 Å². The molecule has 0 saturated heterocycles. The molecular weight excluding hydrogens is 424 g/mol. The Bertz CT molecular complexity index is 1170. The predicted molar refractivity (Wildman–Crippen MR) is 121 cm³/mol. The van der Waals surface area contributed by atoms with Crippen LogP contribution in [0.15, 0.2) is 54.7 Å². The molecule has 0 unspecified atom stereocenters. The number of amides is 1. The van der Waals surface area contributed by atoms with Gasteiger partial charge in [0, 0.05) is 11.9 Å². The van der Waals surface area contributed by atoms with Crippen molar-refractivity contribution in [1.82, 2.24) is 9.78 Å². The Hall–Kier alpha value is -3.73. The van der Waals surface area contributed by atoms with Crippen molar-refractivity contribution >= 4 is 17.4 Å². The van der Waals surface area contributed by atoms with Gasteiger partial charge in [-0.1, -0.05) is 12.1 Å². The zero-order valence-corrected chi connectivity index (χ0v) is 18.1. The van der Waals surface area contributed by atoms with Gasteiger partial charge in [-0.3, -0.25) is 9.48 Å². The van der Waals surface area contributed by atoms with Gasteiger partial charge in [-0.15, -0.1) is 0 Å². The highest BCUT2D eigenvalue weighted by Gasteiger charge is 2.38. The third-order valence-electron chi connectivity index (χ3n) is 6.43. The van der Waals surface area contributed by atoms with Gasteiger partial charge in [0.15, 0.2) is 5.82 Å². The largest absolute Gasteiger partial charge is 0.365 e. The van der Waals surface area contributed by atoms with Crippen LogP contribution in [0.5, 0.6) is 0 Å². The minimum Gasteiger partial charge on any atom is -0.365 e. The van der Waals surface area contributed by atoms with E-state index in [9.17, 15) is 18.8 Å². The lowest BCUT2D eigenvalue weighted by atomic mass is 9.73. The molecule has 6 nitrogen and oxygen atoms in total. The van der Waals surface area contributed by atoms with E-state index in [4.69, 9.17) is 5.73 Å². The number of carbonyl (C=O) groups excluding carboxylic acids is 1. The SMILES string of the molecule is N#CCC1(n2cc(C(N)=O)c(Nc3ccc(F)cc3)n2)CCC(Cc2cccc(F)c2)CC1. The zero-order chi connectivity index (χ0) is 23.4. The first kappa shape index (κ1) is 22.5. The molecule has 0 atom stereocenters. The van der Waals surface area contributed by atoms with Crippen LogP contribution in [0.1, 0.15) is 48.0 Å². The number of halogens is 2. The monoisotopic (exact) mass is 449 g/mol. The van der Waals surface area contributed by atoms with Crippen LogP contribution in [0.3, 0.4) is 0 Å². The Kier molecular flexibility index (Phi) is 6.40. The number of primary amides is 1. The van der Waals surface area contributed by atoms with Crippen LogP contribution >= 0.6 is 0 Å². The normalized spacial score (nSPS) is 20.2. The van der Waals surface area contributed by atoms with Crippen molar-refractivity contribution in [2.45, 2.75) is 44.1 Å². The molecule has 33 heavy (non-hydrogen) atoms. The first-order valence-electron chi connectivity index (χ1n) is 10.9. The molecule has 0 spiro atoms. The summed E-state index contributed by atoms with van der Waals surface area (Å²) in [6.45, 7) is 0. The van der Waals surface area contributed by atoms with Gasteiger partial charge in [0.1, 0.15) is 17.2 Å².